The summed E-state index contributed by atoms with van der Waals surface area (Å²) < 4.78 is 34.5. The molecule has 8 nitrogen and oxygen atoms in total. The molecule has 0 bridgehead atoms. The van der Waals surface area contributed by atoms with Crippen molar-refractivity contribution in [1.82, 2.24) is 25.2 Å². The smallest absolute Gasteiger partial charge is 0.247 e. The highest BCUT2D eigenvalue weighted by Crippen LogP contribution is 2.26. The number of para-hydroxylation sites is 1. The van der Waals surface area contributed by atoms with Crippen LogP contribution in [-0.4, -0.2) is 51.0 Å². The Morgan fingerprint density at radius 3 is 2.45 bits per heavy atom. The van der Waals surface area contributed by atoms with Crippen molar-refractivity contribution < 1.29 is 23.1 Å². The van der Waals surface area contributed by atoms with E-state index < -0.39 is 29.5 Å². The summed E-state index contributed by atoms with van der Waals surface area (Å²) in [5.41, 5.74) is 2.37. The van der Waals surface area contributed by atoms with E-state index in [2.05, 4.69) is 15.6 Å². The lowest BCUT2D eigenvalue weighted by Crippen LogP contribution is -2.46. The van der Waals surface area contributed by atoms with Crippen LogP contribution in [0.1, 0.15) is 30.0 Å². The minimum atomic E-state index is -1.08. The Morgan fingerprint density at radius 1 is 1.03 bits per heavy atom. The predicted octanol–water partition coefficient (Wildman–Crippen LogP) is 3.77. The first-order chi connectivity index (χ1) is 18.5. The van der Waals surface area contributed by atoms with E-state index in [0.29, 0.717) is 35.3 Å². The second kappa shape index (κ2) is 11.5. The molecule has 2 atom stereocenters. The van der Waals surface area contributed by atoms with Crippen LogP contribution < -0.4 is 5.32 Å². The highest BCUT2D eigenvalue weighted by molar-refractivity contribution is 5.89. The summed E-state index contributed by atoms with van der Waals surface area (Å²) in [7, 11) is 0. The van der Waals surface area contributed by atoms with Crippen molar-refractivity contribution in [3.05, 3.63) is 95.6 Å². The first kappa shape index (κ1) is 25.5. The van der Waals surface area contributed by atoms with E-state index in [1.54, 1.807) is 24.3 Å². The lowest BCUT2D eigenvalue weighted by Gasteiger charge is -2.32. The maximum Gasteiger partial charge on any atom is 0.247 e. The molecule has 1 aromatic heterocycles. The Balaban J connectivity index is 1.49. The van der Waals surface area contributed by atoms with Crippen LogP contribution in [0.15, 0.2) is 72.8 Å². The van der Waals surface area contributed by atoms with Crippen LogP contribution in [0.2, 0.25) is 0 Å². The molecule has 1 saturated heterocycles. The molecule has 0 spiro atoms. The molecule has 0 unspecified atom stereocenters. The summed E-state index contributed by atoms with van der Waals surface area (Å²) in [6.07, 6.45) is 1.65. The number of hydrogen-bond acceptors (Lipinski definition) is 5. The molecule has 2 heterocycles. The van der Waals surface area contributed by atoms with Gasteiger partial charge in [-0.05, 0) is 60.4 Å². The summed E-state index contributed by atoms with van der Waals surface area (Å²) in [5.74, 6) is -1.71. The van der Waals surface area contributed by atoms with Crippen molar-refractivity contribution in [2.75, 3.05) is 13.2 Å². The van der Waals surface area contributed by atoms with Crippen molar-refractivity contribution in [1.29, 1.82) is 0 Å². The maximum absolute atomic E-state index is 13.9. The zero-order chi connectivity index (χ0) is 26.5. The molecule has 4 aromatic rings. The number of hydrogen-bond donors (Lipinski definition) is 1. The summed E-state index contributed by atoms with van der Waals surface area (Å²) >= 11 is 0. The van der Waals surface area contributed by atoms with Gasteiger partial charge in [-0.3, -0.25) is 9.59 Å². The number of halogens is 2. The van der Waals surface area contributed by atoms with E-state index in [1.807, 2.05) is 12.1 Å². The van der Waals surface area contributed by atoms with Crippen molar-refractivity contribution in [2.24, 2.45) is 0 Å². The van der Waals surface area contributed by atoms with Gasteiger partial charge in [0.05, 0.1) is 11.6 Å². The largest absolute Gasteiger partial charge is 0.376 e. The van der Waals surface area contributed by atoms with Gasteiger partial charge < -0.3 is 15.0 Å². The van der Waals surface area contributed by atoms with Crippen LogP contribution in [0.25, 0.3) is 11.0 Å². The number of ether oxygens (including phenoxy) is 1. The lowest BCUT2D eigenvalue weighted by atomic mass is 10.0. The SMILES string of the molecule is O=C(NC[C@@H]1CCCO1)[C@@H](c1ccc(F)cc1)N(Cc1ccc(F)cc1)C(=O)Cn1nnc2ccccc21. The number of rotatable bonds is 9. The van der Waals surface area contributed by atoms with Crippen LogP contribution >= 0.6 is 0 Å². The molecule has 0 aliphatic carbocycles. The average molecular weight is 520 g/mol. The molecule has 1 aliphatic heterocycles. The van der Waals surface area contributed by atoms with Gasteiger partial charge in [-0.15, -0.1) is 5.10 Å². The van der Waals surface area contributed by atoms with Crippen molar-refractivity contribution in [2.45, 2.75) is 38.1 Å². The minimum absolute atomic E-state index is 0.0150. The fourth-order valence-electron chi connectivity index (χ4n) is 4.60. The van der Waals surface area contributed by atoms with Crippen LogP contribution in [0.4, 0.5) is 8.78 Å². The van der Waals surface area contributed by atoms with E-state index in [1.165, 1.54) is 46.0 Å². The predicted molar refractivity (Wildman–Crippen MR) is 136 cm³/mol. The van der Waals surface area contributed by atoms with E-state index in [4.69, 9.17) is 4.74 Å². The topological polar surface area (TPSA) is 89.4 Å². The Hall–Kier alpha value is -4.18. The maximum atomic E-state index is 13.9. The summed E-state index contributed by atoms with van der Waals surface area (Å²) in [6.45, 7) is 0.769. The number of aromatic nitrogens is 3. The highest BCUT2D eigenvalue weighted by Gasteiger charge is 2.33. The van der Waals surface area contributed by atoms with Gasteiger partial charge in [0.15, 0.2) is 0 Å². The number of fused-ring (bicyclic) bond motifs is 1. The quantitative estimate of drug-likeness (QED) is 0.364. The van der Waals surface area contributed by atoms with Crippen molar-refractivity contribution in [3.8, 4) is 0 Å². The molecular weight excluding hydrogens is 492 g/mol. The zero-order valence-corrected chi connectivity index (χ0v) is 20.6. The minimum Gasteiger partial charge on any atom is -0.376 e. The molecule has 5 rings (SSSR count). The number of carbonyl (C=O) groups excluding carboxylic acids is 2. The zero-order valence-electron chi connectivity index (χ0n) is 20.6. The van der Waals surface area contributed by atoms with Gasteiger partial charge in [0.2, 0.25) is 11.8 Å². The Bertz CT molecular complexity index is 1400. The summed E-state index contributed by atoms with van der Waals surface area (Å²) in [5, 5.41) is 11.1. The van der Waals surface area contributed by atoms with Crippen LogP contribution in [0, 0.1) is 11.6 Å². The average Bonchev–Trinajstić information content (AvgIpc) is 3.60. The van der Waals surface area contributed by atoms with Crippen LogP contribution in [-0.2, 0) is 27.4 Å². The van der Waals surface area contributed by atoms with Crippen molar-refractivity contribution >= 4 is 22.8 Å². The number of nitrogens with zero attached hydrogens (tertiary/aromatic N) is 4. The van der Waals surface area contributed by atoms with E-state index in [-0.39, 0.29) is 19.2 Å². The standard InChI is InChI=1S/C28H27F2N5O3/c29-21-11-7-19(8-12-21)17-34(26(36)18-35-25-6-2-1-5-24(25)32-33-35)27(20-9-13-22(30)14-10-20)28(37)31-16-23-4-3-15-38-23/h1-2,5-14,23,27H,3-4,15-18H2,(H,31,37)/t23-,27+/m0/s1. The first-order valence-electron chi connectivity index (χ1n) is 12.4. The summed E-state index contributed by atoms with van der Waals surface area (Å²) in [6, 6.07) is 17.4. The molecule has 1 aliphatic rings. The Labute approximate surface area is 218 Å². The van der Waals surface area contributed by atoms with Gasteiger partial charge >= 0.3 is 0 Å². The molecule has 10 heteroatoms. The molecule has 1 fully saturated rings. The van der Waals surface area contributed by atoms with Gasteiger partial charge in [0.25, 0.3) is 0 Å². The monoisotopic (exact) mass is 519 g/mol. The fourth-order valence-corrected chi connectivity index (χ4v) is 4.60. The van der Waals surface area contributed by atoms with Gasteiger partial charge in [0.1, 0.15) is 29.7 Å². The Morgan fingerprint density at radius 2 is 1.74 bits per heavy atom. The normalized spacial score (nSPS) is 15.9. The second-order valence-electron chi connectivity index (χ2n) is 9.22. The molecule has 38 heavy (non-hydrogen) atoms. The van der Waals surface area contributed by atoms with Gasteiger partial charge in [-0.1, -0.05) is 41.6 Å². The third-order valence-electron chi connectivity index (χ3n) is 6.57. The van der Waals surface area contributed by atoms with Crippen LogP contribution in [0.5, 0.6) is 0 Å². The number of amides is 2. The van der Waals surface area contributed by atoms with E-state index in [9.17, 15) is 18.4 Å². The van der Waals surface area contributed by atoms with E-state index in [0.717, 1.165) is 12.8 Å². The second-order valence-corrected chi connectivity index (χ2v) is 9.22. The van der Waals surface area contributed by atoms with Gasteiger partial charge in [-0.25, -0.2) is 13.5 Å². The summed E-state index contributed by atoms with van der Waals surface area (Å²) in [4.78, 5) is 28.9. The van der Waals surface area contributed by atoms with Crippen LogP contribution in [0.3, 0.4) is 0 Å². The van der Waals surface area contributed by atoms with Gasteiger partial charge in [-0.2, -0.15) is 0 Å². The Kier molecular flexibility index (Phi) is 7.69. The number of nitrogens with one attached hydrogen (secondary N) is 1. The lowest BCUT2D eigenvalue weighted by molar-refractivity contribution is -0.142. The van der Waals surface area contributed by atoms with E-state index >= 15 is 0 Å². The molecule has 3 aromatic carbocycles. The molecule has 0 radical (unpaired) electrons. The van der Waals surface area contributed by atoms with Crippen molar-refractivity contribution in [3.63, 3.8) is 0 Å². The number of carbonyl (C=O) groups is 2. The fraction of sp³-hybridized carbons (Fsp3) is 0.286. The molecule has 2 amide bonds. The molecule has 196 valence electrons. The third kappa shape index (κ3) is 5.86. The number of benzene rings is 3. The van der Waals surface area contributed by atoms with Gasteiger partial charge in [0, 0.05) is 19.7 Å². The first-order valence-corrected chi connectivity index (χ1v) is 12.4. The highest BCUT2D eigenvalue weighted by atomic mass is 19.1. The molecule has 1 N–H and O–H groups in total. The third-order valence-corrected chi connectivity index (χ3v) is 6.57. The molecular formula is C28H27F2N5O3. The molecule has 0 saturated carbocycles.